The van der Waals surface area contributed by atoms with Crippen molar-refractivity contribution in [2.75, 3.05) is 55.0 Å². The Morgan fingerprint density at radius 2 is 1.62 bits per heavy atom. The van der Waals surface area contributed by atoms with Crippen molar-refractivity contribution in [3.63, 3.8) is 0 Å². The molecule has 6 nitrogen and oxygen atoms in total. The Kier molecular flexibility index (Phi) is 6.10. The van der Waals surface area contributed by atoms with E-state index in [-0.39, 0.29) is 0 Å². The molecule has 0 amide bonds. The lowest BCUT2D eigenvalue weighted by molar-refractivity contribution is 0.415. The van der Waals surface area contributed by atoms with Crippen molar-refractivity contribution < 1.29 is 4.74 Å². The lowest BCUT2D eigenvalue weighted by atomic mass is 10.1. The predicted molar refractivity (Wildman–Crippen MR) is 118 cm³/mol. The minimum Gasteiger partial charge on any atom is -0.497 e. The molecule has 1 saturated heterocycles. The van der Waals surface area contributed by atoms with Gasteiger partial charge in [0, 0.05) is 44.5 Å². The van der Waals surface area contributed by atoms with Crippen molar-refractivity contribution in [2.24, 2.45) is 0 Å². The third-order valence-electron chi connectivity index (χ3n) is 5.26. The average Bonchev–Trinajstić information content (AvgIpc) is 2.80. The molecule has 1 aliphatic rings. The van der Waals surface area contributed by atoms with Crippen LogP contribution in [0.25, 0.3) is 0 Å². The number of rotatable bonds is 7. The van der Waals surface area contributed by atoms with E-state index in [1.165, 1.54) is 11.3 Å². The molecule has 0 spiro atoms. The van der Waals surface area contributed by atoms with Crippen LogP contribution in [0, 0.1) is 0 Å². The zero-order chi connectivity index (χ0) is 19.9. The van der Waals surface area contributed by atoms with Gasteiger partial charge in [-0.2, -0.15) is 0 Å². The Morgan fingerprint density at radius 3 is 2.34 bits per heavy atom. The fourth-order valence-corrected chi connectivity index (χ4v) is 3.58. The van der Waals surface area contributed by atoms with E-state index in [0.29, 0.717) is 0 Å². The molecule has 1 N–H and O–H groups in total. The molecular weight excluding hydrogens is 362 g/mol. The van der Waals surface area contributed by atoms with Crippen molar-refractivity contribution in [3.05, 3.63) is 72.6 Å². The van der Waals surface area contributed by atoms with Crippen molar-refractivity contribution in [3.8, 4) is 5.75 Å². The van der Waals surface area contributed by atoms with Gasteiger partial charge in [-0.05, 0) is 36.2 Å². The largest absolute Gasteiger partial charge is 0.497 e. The SMILES string of the molecule is COc1ccc(N2CCN(c3cc(NCCc4ccccc4)ncn3)CC2)cc1. The summed E-state index contributed by atoms with van der Waals surface area (Å²) in [5.74, 6) is 2.75. The normalized spacial score (nSPS) is 14.0. The Bertz CT molecular complexity index is 893. The van der Waals surface area contributed by atoms with Crippen LogP contribution < -0.4 is 19.9 Å². The van der Waals surface area contributed by atoms with E-state index in [0.717, 1.165) is 56.5 Å². The number of benzene rings is 2. The minimum absolute atomic E-state index is 0.853. The smallest absolute Gasteiger partial charge is 0.134 e. The molecule has 0 aliphatic carbocycles. The zero-order valence-corrected chi connectivity index (χ0v) is 16.8. The third-order valence-corrected chi connectivity index (χ3v) is 5.26. The van der Waals surface area contributed by atoms with Crippen molar-refractivity contribution in [1.82, 2.24) is 9.97 Å². The highest BCUT2D eigenvalue weighted by atomic mass is 16.5. The van der Waals surface area contributed by atoms with Crippen LogP contribution in [0.15, 0.2) is 67.0 Å². The summed E-state index contributed by atoms with van der Waals surface area (Å²) < 4.78 is 5.25. The molecule has 6 heteroatoms. The summed E-state index contributed by atoms with van der Waals surface area (Å²) in [6, 6.07) is 20.8. The molecule has 1 aromatic heterocycles. The second kappa shape index (κ2) is 9.28. The highest BCUT2D eigenvalue weighted by Gasteiger charge is 2.18. The first-order valence-electron chi connectivity index (χ1n) is 10.1. The monoisotopic (exact) mass is 389 g/mol. The number of hydrogen-bond acceptors (Lipinski definition) is 6. The molecular formula is C23H27N5O. The van der Waals surface area contributed by atoms with Crippen LogP contribution in [0.1, 0.15) is 5.56 Å². The maximum absolute atomic E-state index is 5.25. The number of methoxy groups -OCH3 is 1. The van der Waals surface area contributed by atoms with Crippen molar-refractivity contribution >= 4 is 17.3 Å². The van der Waals surface area contributed by atoms with Gasteiger partial charge in [0.2, 0.25) is 0 Å². The molecule has 29 heavy (non-hydrogen) atoms. The van der Waals surface area contributed by atoms with Crippen molar-refractivity contribution in [1.29, 1.82) is 0 Å². The molecule has 4 rings (SSSR count). The van der Waals surface area contributed by atoms with Crippen LogP contribution in [-0.4, -0.2) is 49.8 Å². The summed E-state index contributed by atoms with van der Waals surface area (Å²) in [6.45, 7) is 4.66. The second-order valence-electron chi connectivity index (χ2n) is 7.10. The molecule has 3 aromatic rings. The highest BCUT2D eigenvalue weighted by Crippen LogP contribution is 2.22. The summed E-state index contributed by atoms with van der Waals surface area (Å²) in [5.41, 5.74) is 2.56. The van der Waals surface area contributed by atoms with E-state index in [9.17, 15) is 0 Å². The fraction of sp³-hybridized carbons (Fsp3) is 0.304. The number of nitrogens with one attached hydrogen (secondary N) is 1. The Balaban J connectivity index is 1.30. The van der Waals surface area contributed by atoms with Crippen molar-refractivity contribution in [2.45, 2.75) is 6.42 Å². The highest BCUT2D eigenvalue weighted by molar-refractivity contribution is 5.53. The van der Waals surface area contributed by atoms with E-state index in [4.69, 9.17) is 4.74 Å². The summed E-state index contributed by atoms with van der Waals surface area (Å²) in [6.07, 6.45) is 2.62. The van der Waals surface area contributed by atoms with Gasteiger partial charge in [-0.25, -0.2) is 9.97 Å². The third kappa shape index (κ3) is 4.96. The van der Waals surface area contributed by atoms with E-state index in [1.807, 2.05) is 24.3 Å². The Labute approximate surface area is 172 Å². The molecule has 0 unspecified atom stereocenters. The van der Waals surface area contributed by atoms with Crippen LogP contribution in [0.5, 0.6) is 5.75 Å². The van der Waals surface area contributed by atoms with Gasteiger partial charge >= 0.3 is 0 Å². The lowest BCUT2D eigenvalue weighted by Crippen LogP contribution is -2.46. The van der Waals surface area contributed by atoms with E-state index in [1.54, 1.807) is 13.4 Å². The van der Waals surface area contributed by atoms with Crippen LogP contribution in [-0.2, 0) is 6.42 Å². The first-order chi connectivity index (χ1) is 14.3. The average molecular weight is 390 g/mol. The summed E-state index contributed by atoms with van der Waals surface area (Å²) in [5, 5.41) is 3.42. The standard InChI is InChI=1S/C23H27N5O/c1-29-21-9-7-20(8-10-21)27-13-15-28(16-14-27)23-17-22(25-18-26-23)24-12-11-19-5-3-2-4-6-19/h2-10,17-18H,11-16H2,1H3,(H,24,25,26). The Hall–Kier alpha value is -3.28. The van der Waals surface area contributed by atoms with E-state index in [2.05, 4.69) is 61.5 Å². The summed E-state index contributed by atoms with van der Waals surface area (Å²) in [7, 11) is 1.69. The molecule has 150 valence electrons. The molecule has 2 aromatic carbocycles. The van der Waals surface area contributed by atoms with Gasteiger partial charge in [-0.15, -0.1) is 0 Å². The molecule has 1 fully saturated rings. The number of piperazine rings is 1. The van der Waals surface area contributed by atoms with Crippen LogP contribution in [0.4, 0.5) is 17.3 Å². The lowest BCUT2D eigenvalue weighted by Gasteiger charge is -2.36. The summed E-state index contributed by atoms with van der Waals surface area (Å²) >= 11 is 0. The van der Waals surface area contributed by atoms with Gasteiger partial charge < -0.3 is 19.9 Å². The number of aromatic nitrogens is 2. The molecule has 0 bridgehead atoms. The topological polar surface area (TPSA) is 53.5 Å². The molecule has 0 atom stereocenters. The van der Waals surface area contributed by atoms with Crippen LogP contribution in [0.3, 0.4) is 0 Å². The van der Waals surface area contributed by atoms with Gasteiger partial charge in [-0.3, -0.25) is 0 Å². The number of ether oxygens (including phenoxy) is 1. The number of anilines is 3. The van der Waals surface area contributed by atoms with E-state index >= 15 is 0 Å². The molecule has 2 heterocycles. The molecule has 1 aliphatic heterocycles. The maximum Gasteiger partial charge on any atom is 0.134 e. The number of hydrogen-bond donors (Lipinski definition) is 1. The first kappa shape index (κ1) is 19.1. The number of nitrogens with zero attached hydrogens (tertiary/aromatic N) is 4. The quantitative estimate of drug-likeness (QED) is 0.668. The fourth-order valence-electron chi connectivity index (χ4n) is 3.58. The second-order valence-corrected chi connectivity index (χ2v) is 7.10. The Morgan fingerprint density at radius 1 is 0.897 bits per heavy atom. The van der Waals surface area contributed by atoms with Crippen LogP contribution >= 0.6 is 0 Å². The van der Waals surface area contributed by atoms with Gasteiger partial charge in [0.1, 0.15) is 23.7 Å². The minimum atomic E-state index is 0.853. The van der Waals surface area contributed by atoms with Gasteiger partial charge in [0.25, 0.3) is 0 Å². The van der Waals surface area contributed by atoms with Gasteiger partial charge in [0.15, 0.2) is 0 Å². The molecule has 0 saturated carbocycles. The van der Waals surface area contributed by atoms with E-state index < -0.39 is 0 Å². The summed E-state index contributed by atoms with van der Waals surface area (Å²) in [4.78, 5) is 13.6. The molecule has 0 radical (unpaired) electrons. The zero-order valence-electron chi connectivity index (χ0n) is 16.8. The predicted octanol–water partition coefficient (Wildman–Crippen LogP) is 3.47. The van der Waals surface area contributed by atoms with Gasteiger partial charge in [-0.1, -0.05) is 30.3 Å². The van der Waals surface area contributed by atoms with Crippen LogP contribution in [0.2, 0.25) is 0 Å². The maximum atomic E-state index is 5.25. The van der Waals surface area contributed by atoms with Gasteiger partial charge in [0.05, 0.1) is 7.11 Å². The first-order valence-corrected chi connectivity index (χ1v) is 10.1.